The smallest absolute Gasteiger partial charge is 0.261 e. The first kappa shape index (κ1) is 16.3. The van der Waals surface area contributed by atoms with Crippen LogP contribution in [0.15, 0.2) is 65.6 Å². The summed E-state index contributed by atoms with van der Waals surface area (Å²) in [5.74, 6) is 0. The van der Waals surface area contributed by atoms with Gasteiger partial charge in [-0.05, 0) is 74.9 Å². The highest BCUT2D eigenvalue weighted by Crippen LogP contribution is 2.21. The van der Waals surface area contributed by atoms with Gasteiger partial charge in [0.25, 0.3) is 10.0 Å². The van der Waals surface area contributed by atoms with E-state index < -0.39 is 10.0 Å². The first-order chi connectivity index (χ1) is 11.4. The molecule has 0 atom stereocenters. The maximum absolute atomic E-state index is 12.5. The lowest BCUT2D eigenvalue weighted by Crippen LogP contribution is -2.13. The summed E-state index contributed by atoms with van der Waals surface area (Å²) >= 11 is 0. The van der Waals surface area contributed by atoms with E-state index in [0.717, 1.165) is 22.6 Å². The Kier molecular flexibility index (Phi) is 4.20. The summed E-state index contributed by atoms with van der Waals surface area (Å²) in [6.07, 6.45) is 0. The SMILES string of the molecule is Cc1cccc(NS(=O)(=O)c2ccc(-n3c(C)ccc3C)cc2)c1. The molecule has 1 aromatic heterocycles. The fraction of sp³-hybridized carbons (Fsp3) is 0.158. The highest BCUT2D eigenvalue weighted by molar-refractivity contribution is 7.92. The number of aromatic nitrogens is 1. The summed E-state index contributed by atoms with van der Waals surface area (Å²) in [6, 6.07) is 18.3. The zero-order valence-corrected chi connectivity index (χ0v) is 14.8. The molecule has 1 heterocycles. The predicted molar refractivity (Wildman–Crippen MR) is 97.2 cm³/mol. The quantitative estimate of drug-likeness (QED) is 0.774. The summed E-state index contributed by atoms with van der Waals surface area (Å²) < 4.78 is 29.8. The van der Waals surface area contributed by atoms with Crippen molar-refractivity contribution in [2.24, 2.45) is 0 Å². The number of nitrogens with zero attached hydrogens (tertiary/aromatic N) is 1. The van der Waals surface area contributed by atoms with Gasteiger partial charge < -0.3 is 4.57 Å². The van der Waals surface area contributed by atoms with E-state index in [0.29, 0.717) is 5.69 Å². The van der Waals surface area contributed by atoms with Gasteiger partial charge in [0, 0.05) is 22.8 Å². The fourth-order valence-electron chi connectivity index (χ4n) is 2.77. The molecule has 0 aliphatic rings. The van der Waals surface area contributed by atoms with Crippen LogP contribution in [0.3, 0.4) is 0 Å². The molecule has 4 nitrogen and oxygen atoms in total. The van der Waals surface area contributed by atoms with Crippen molar-refractivity contribution in [3.8, 4) is 5.69 Å². The molecule has 3 rings (SSSR count). The second-order valence-electron chi connectivity index (χ2n) is 5.92. The molecule has 1 N–H and O–H groups in total. The molecule has 2 aromatic carbocycles. The van der Waals surface area contributed by atoms with E-state index in [1.165, 1.54) is 0 Å². The van der Waals surface area contributed by atoms with Crippen molar-refractivity contribution in [2.75, 3.05) is 4.72 Å². The van der Waals surface area contributed by atoms with Crippen LogP contribution >= 0.6 is 0 Å². The lowest BCUT2D eigenvalue weighted by Gasteiger charge is -2.12. The van der Waals surface area contributed by atoms with Crippen LogP contribution in [-0.2, 0) is 10.0 Å². The molecule has 0 spiro atoms. The lowest BCUT2D eigenvalue weighted by atomic mass is 10.2. The Labute approximate surface area is 142 Å². The van der Waals surface area contributed by atoms with Gasteiger partial charge >= 0.3 is 0 Å². The Morgan fingerprint density at radius 1 is 0.833 bits per heavy atom. The molecule has 0 fully saturated rings. The molecule has 0 bridgehead atoms. The van der Waals surface area contributed by atoms with Crippen molar-refractivity contribution in [3.05, 3.63) is 77.6 Å². The van der Waals surface area contributed by atoms with Crippen LogP contribution in [0, 0.1) is 20.8 Å². The third-order valence-electron chi connectivity index (χ3n) is 3.95. The summed E-state index contributed by atoms with van der Waals surface area (Å²) in [6.45, 7) is 5.97. The van der Waals surface area contributed by atoms with Gasteiger partial charge in [0.15, 0.2) is 0 Å². The highest BCUT2D eigenvalue weighted by Gasteiger charge is 2.14. The molecule has 0 aliphatic carbocycles. The Morgan fingerprint density at radius 3 is 2.04 bits per heavy atom. The van der Waals surface area contributed by atoms with Crippen molar-refractivity contribution in [1.82, 2.24) is 4.57 Å². The van der Waals surface area contributed by atoms with Crippen molar-refractivity contribution in [2.45, 2.75) is 25.7 Å². The third-order valence-corrected chi connectivity index (χ3v) is 5.34. The summed E-state index contributed by atoms with van der Waals surface area (Å²) in [5, 5.41) is 0. The second-order valence-corrected chi connectivity index (χ2v) is 7.60. The van der Waals surface area contributed by atoms with Gasteiger partial charge in [-0.3, -0.25) is 4.72 Å². The number of aryl methyl sites for hydroxylation is 3. The van der Waals surface area contributed by atoms with Crippen molar-refractivity contribution >= 4 is 15.7 Å². The zero-order chi connectivity index (χ0) is 17.3. The van der Waals surface area contributed by atoms with E-state index in [2.05, 4.69) is 9.29 Å². The lowest BCUT2D eigenvalue weighted by molar-refractivity contribution is 0.601. The molecular formula is C19H20N2O2S. The molecule has 0 unspecified atom stereocenters. The third kappa shape index (κ3) is 3.21. The predicted octanol–water partition coefficient (Wildman–Crippen LogP) is 4.20. The topological polar surface area (TPSA) is 51.1 Å². The van der Waals surface area contributed by atoms with Gasteiger partial charge in [-0.1, -0.05) is 12.1 Å². The zero-order valence-electron chi connectivity index (χ0n) is 13.9. The molecular weight excluding hydrogens is 320 g/mol. The maximum Gasteiger partial charge on any atom is 0.261 e. The van der Waals surface area contributed by atoms with E-state index in [4.69, 9.17) is 0 Å². The van der Waals surface area contributed by atoms with E-state index in [1.807, 2.05) is 57.2 Å². The average molecular weight is 340 g/mol. The molecule has 0 amide bonds. The molecule has 0 radical (unpaired) electrons. The van der Waals surface area contributed by atoms with Crippen molar-refractivity contribution in [3.63, 3.8) is 0 Å². The number of benzene rings is 2. The molecule has 0 saturated carbocycles. The number of hydrogen-bond donors (Lipinski definition) is 1. The summed E-state index contributed by atoms with van der Waals surface area (Å²) in [4.78, 5) is 0.246. The molecule has 124 valence electrons. The van der Waals surface area contributed by atoms with Crippen LogP contribution in [0.1, 0.15) is 17.0 Å². The van der Waals surface area contributed by atoms with E-state index in [9.17, 15) is 8.42 Å². The molecule has 0 saturated heterocycles. The van der Waals surface area contributed by atoms with Gasteiger partial charge in [-0.25, -0.2) is 8.42 Å². The van der Waals surface area contributed by atoms with Gasteiger partial charge in [-0.15, -0.1) is 0 Å². The Morgan fingerprint density at radius 2 is 1.46 bits per heavy atom. The van der Waals surface area contributed by atoms with Crippen LogP contribution in [0.2, 0.25) is 0 Å². The molecule has 5 heteroatoms. The number of anilines is 1. The number of hydrogen-bond acceptors (Lipinski definition) is 2. The van der Waals surface area contributed by atoms with E-state index >= 15 is 0 Å². The van der Waals surface area contributed by atoms with E-state index in [1.54, 1.807) is 24.3 Å². The van der Waals surface area contributed by atoms with Gasteiger partial charge in [0.1, 0.15) is 0 Å². The maximum atomic E-state index is 12.5. The van der Waals surface area contributed by atoms with Crippen molar-refractivity contribution < 1.29 is 8.42 Å². The normalized spacial score (nSPS) is 11.5. The number of rotatable bonds is 4. The largest absolute Gasteiger partial charge is 0.319 e. The van der Waals surface area contributed by atoms with Crippen LogP contribution < -0.4 is 4.72 Å². The highest BCUT2D eigenvalue weighted by atomic mass is 32.2. The fourth-order valence-corrected chi connectivity index (χ4v) is 3.82. The molecule has 0 aliphatic heterocycles. The summed E-state index contributed by atoms with van der Waals surface area (Å²) in [5.41, 5.74) is 4.74. The van der Waals surface area contributed by atoms with Gasteiger partial charge in [0.05, 0.1) is 4.90 Å². The first-order valence-electron chi connectivity index (χ1n) is 7.72. The van der Waals surface area contributed by atoms with Gasteiger partial charge in [-0.2, -0.15) is 0 Å². The van der Waals surface area contributed by atoms with E-state index in [-0.39, 0.29) is 4.90 Å². The second kappa shape index (κ2) is 6.17. The Bertz CT molecular complexity index is 951. The van der Waals surface area contributed by atoms with Crippen LogP contribution in [0.5, 0.6) is 0 Å². The minimum atomic E-state index is -3.60. The van der Waals surface area contributed by atoms with Crippen LogP contribution in [-0.4, -0.2) is 13.0 Å². The number of sulfonamides is 1. The number of nitrogens with one attached hydrogen (secondary N) is 1. The van der Waals surface area contributed by atoms with Crippen LogP contribution in [0.25, 0.3) is 5.69 Å². The standard InChI is InChI=1S/C19H20N2O2S/c1-14-5-4-6-17(13-14)20-24(22,23)19-11-9-18(10-12-19)21-15(2)7-8-16(21)3/h4-13,20H,1-3H3. The first-order valence-corrected chi connectivity index (χ1v) is 9.20. The van der Waals surface area contributed by atoms with Gasteiger partial charge in [0.2, 0.25) is 0 Å². The molecule has 24 heavy (non-hydrogen) atoms. The molecule has 3 aromatic rings. The average Bonchev–Trinajstić information content (AvgIpc) is 2.86. The van der Waals surface area contributed by atoms with Crippen molar-refractivity contribution in [1.29, 1.82) is 0 Å². The van der Waals surface area contributed by atoms with Crippen LogP contribution in [0.4, 0.5) is 5.69 Å². The summed E-state index contributed by atoms with van der Waals surface area (Å²) in [7, 11) is -3.60. The monoisotopic (exact) mass is 340 g/mol. The minimum Gasteiger partial charge on any atom is -0.319 e. The Hall–Kier alpha value is -2.53. The Balaban J connectivity index is 1.90. The minimum absolute atomic E-state index is 0.246.